The average Bonchev–Trinajstić information content (AvgIpc) is 2.46. The Hall–Kier alpha value is -1.87. The third-order valence-corrected chi connectivity index (χ3v) is 3.92. The van der Waals surface area contributed by atoms with Gasteiger partial charge in [0.05, 0.1) is 0 Å². The van der Waals surface area contributed by atoms with Gasteiger partial charge in [0.25, 0.3) is 0 Å². The molecule has 1 aliphatic heterocycles. The number of fused-ring (bicyclic) bond motifs is 1. The number of pyridine rings is 1. The number of rotatable bonds is 2. The molecule has 1 aromatic heterocycles. The van der Waals surface area contributed by atoms with Gasteiger partial charge in [-0.1, -0.05) is 31.2 Å². The van der Waals surface area contributed by atoms with Gasteiger partial charge < -0.3 is 10.6 Å². The van der Waals surface area contributed by atoms with Gasteiger partial charge in [0, 0.05) is 24.5 Å². The summed E-state index contributed by atoms with van der Waals surface area (Å²) >= 11 is 0. The Morgan fingerprint density at radius 3 is 2.75 bits per heavy atom. The van der Waals surface area contributed by atoms with E-state index in [2.05, 4.69) is 53.2 Å². The summed E-state index contributed by atoms with van der Waals surface area (Å²) in [6.07, 6.45) is 3.03. The van der Waals surface area contributed by atoms with Crippen molar-refractivity contribution in [1.82, 2.24) is 4.98 Å². The highest BCUT2D eigenvalue weighted by Crippen LogP contribution is 2.34. The van der Waals surface area contributed by atoms with E-state index >= 15 is 0 Å². The zero-order chi connectivity index (χ0) is 14.1. The van der Waals surface area contributed by atoms with Gasteiger partial charge >= 0.3 is 0 Å². The Bertz CT molecular complexity index is 589. The lowest BCUT2D eigenvalue weighted by atomic mass is 9.94. The Balaban J connectivity index is 1.97. The fourth-order valence-electron chi connectivity index (χ4n) is 2.84. The van der Waals surface area contributed by atoms with E-state index in [9.17, 15) is 0 Å². The van der Waals surface area contributed by atoms with Crippen LogP contribution in [0.25, 0.3) is 0 Å². The summed E-state index contributed by atoms with van der Waals surface area (Å²) in [6, 6.07) is 12.8. The highest BCUT2D eigenvalue weighted by atomic mass is 15.2. The maximum absolute atomic E-state index is 5.89. The van der Waals surface area contributed by atoms with Crippen LogP contribution in [0.3, 0.4) is 0 Å². The summed E-state index contributed by atoms with van der Waals surface area (Å²) in [5.74, 6) is 1.65. The van der Waals surface area contributed by atoms with Crippen LogP contribution in [0.2, 0.25) is 0 Å². The molecule has 0 amide bonds. The molecule has 0 fully saturated rings. The third-order valence-electron chi connectivity index (χ3n) is 3.92. The molecule has 0 bridgehead atoms. The molecule has 0 aliphatic carbocycles. The minimum absolute atomic E-state index is 0.0316. The minimum atomic E-state index is 0.0316. The van der Waals surface area contributed by atoms with Crippen LogP contribution < -0.4 is 10.6 Å². The highest BCUT2D eigenvalue weighted by molar-refractivity contribution is 5.65. The SMILES string of the molecule is CC1Cc2ccccc2N(c2ccc([C@@H](C)N)cn2)C1. The molecule has 0 saturated carbocycles. The summed E-state index contributed by atoms with van der Waals surface area (Å²) in [4.78, 5) is 6.92. The molecule has 1 aromatic carbocycles. The topological polar surface area (TPSA) is 42.1 Å². The number of hydrogen-bond acceptors (Lipinski definition) is 3. The summed E-state index contributed by atoms with van der Waals surface area (Å²) < 4.78 is 0. The van der Waals surface area contributed by atoms with E-state index in [-0.39, 0.29) is 6.04 Å². The summed E-state index contributed by atoms with van der Waals surface area (Å²) in [7, 11) is 0. The van der Waals surface area contributed by atoms with Crippen molar-refractivity contribution in [1.29, 1.82) is 0 Å². The number of aromatic nitrogens is 1. The maximum Gasteiger partial charge on any atom is 0.132 e. The normalized spacial score (nSPS) is 19.6. The predicted octanol–water partition coefficient (Wildman–Crippen LogP) is 3.43. The first-order valence-electron chi connectivity index (χ1n) is 7.22. The van der Waals surface area contributed by atoms with Gasteiger partial charge in [-0.05, 0) is 42.5 Å². The van der Waals surface area contributed by atoms with Crippen molar-refractivity contribution in [3.05, 3.63) is 53.7 Å². The van der Waals surface area contributed by atoms with Gasteiger partial charge in [0.1, 0.15) is 5.82 Å². The van der Waals surface area contributed by atoms with Gasteiger partial charge in [0.15, 0.2) is 0 Å². The standard InChI is InChI=1S/C17H21N3/c1-12-9-14-5-3-4-6-16(14)20(11-12)17-8-7-15(10-19-17)13(2)18/h3-8,10,12-13H,9,11,18H2,1-2H3/t12?,13-/m1/s1. The second-order valence-electron chi connectivity index (χ2n) is 5.79. The fraction of sp³-hybridized carbons (Fsp3) is 0.353. The minimum Gasteiger partial charge on any atom is -0.326 e. The van der Waals surface area contributed by atoms with Crippen LogP contribution >= 0.6 is 0 Å². The number of anilines is 2. The molecule has 1 aliphatic rings. The van der Waals surface area contributed by atoms with Gasteiger partial charge in [0.2, 0.25) is 0 Å². The van der Waals surface area contributed by atoms with E-state index in [0.29, 0.717) is 5.92 Å². The second kappa shape index (κ2) is 5.25. The monoisotopic (exact) mass is 267 g/mol. The van der Waals surface area contributed by atoms with E-state index in [1.54, 1.807) is 0 Å². The number of benzene rings is 1. The number of nitrogens with zero attached hydrogens (tertiary/aromatic N) is 2. The zero-order valence-electron chi connectivity index (χ0n) is 12.1. The Kier molecular flexibility index (Phi) is 3.45. The van der Waals surface area contributed by atoms with E-state index in [1.807, 2.05) is 13.1 Å². The molecule has 3 rings (SSSR count). The van der Waals surface area contributed by atoms with Gasteiger partial charge in [-0.25, -0.2) is 4.98 Å². The molecule has 2 aromatic rings. The van der Waals surface area contributed by atoms with Crippen LogP contribution in [0.15, 0.2) is 42.6 Å². The van der Waals surface area contributed by atoms with Crippen LogP contribution in [0.5, 0.6) is 0 Å². The molecule has 1 unspecified atom stereocenters. The van der Waals surface area contributed by atoms with Gasteiger partial charge in [-0.3, -0.25) is 0 Å². The first-order chi connectivity index (χ1) is 9.65. The molecular formula is C17H21N3. The molecule has 0 saturated heterocycles. The van der Waals surface area contributed by atoms with Crippen LogP contribution in [-0.4, -0.2) is 11.5 Å². The summed E-state index contributed by atoms with van der Waals surface area (Å²) in [5, 5.41) is 0. The number of nitrogens with two attached hydrogens (primary N) is 1. The molecule has 3 nitrogen and oxygen atoms in total. The molecule has 20 heavy (non-hydrogen) atoms. The first-order valence-corrected chi connectivity index (χ1v) is 7.22. The fourth-order valence-corrected chi connectivity index (χ4v) is 2.84. The molecule has 2 atom stereocenters. The van der Waals surface area contributed by atoms with Crippen LogP contribution in [0, 0.1) is 5.92 Å². The van der Waals surface area contributed by atoms with Crippen molar-refractivity contribution < 1.29 is 0 Å². The van der Waals surface area contributed by atoms with Crippen molar-refractivity contribution in [2.45, 2.75) is 26.3 Å². The van der Waals surface area contributed by atoms with Gasteiger partial charge in [-0.2, -0.15) is 0 Å². The molecule has 0 radical (unpaired) electrons. The van der Waals surface area contributed by atoms with Crippen LogP contribution in [-0.2, 0) is 6.42 Å². The van der Waals surface area contributed by atoms with E-state index in [1.165, 1.54) is 11.3 Å². The van der Waals surface area contributed by atoms with Crippen LogP contribution in [0.1, 0.15) is 31.0 Å². The molecule has 104 valence electrons. The van der Waals surface area contributed by atoms with E-state index in [0.717, 1.165) is 24.3 Å². The van der Waals surface area contributed by atoms with Crippen molar-refractivity contribution in [2.24, 2.45) is 11.7 Å². The highest BCUT2D eigenvalue weighted by Gasteiger charge is 2.23. The van der Waals surface area contributed by atoms with Crippen molar-refractivity contribution >= 4 is 11.5 Å². The maximum atomic E-state index is 5.89. The Labute approximate surface area is 120 Å². The first kappa shape index (κ1) is 13.1. The van der Waals surface area contributed by atoms with E-state index in [4.69, 9.17) is 5.73 Å². The number of para-hydroxylation sites is 1. The predicted molar refractivity (Wildman–Crippen MR) is 83.2 cm³/mol. The average molecular weight is 267 g/mol. The quantitative estimate of drug-likeness (QED) is 0.906. The molecule has 2 N–H and O–H groups in total. The summed E-state index contributed by atoms with van der Waals surface area (Å²) in [6.45, 7) is 5.29. The lowest BCUT2D eigenvalue weighted by Crippen LogP contribution is -2.31. The van der Waals surface area contributed by atoms with Crippen molar-refractivity contribution in [3.63, 3.8) is 0 Å². The smallest absolute Gasteiger partial charge is 0.132 e. The second-order valence-corrected chi connectivity index (χ2v) is 5.79. The lowest BCUT2D eigenvalue weighted by Gasteiger charge is -2.34. The largest absolute Gasteiger partial charge is 0.326 e. The Morgan fingerprint density at radius 2 is 2.05 bits per heavy atom. The molecule has 2 heterocycles. The molecule has 3 heteroatoms. The van der Waals surface area contributed by atoms with Gasteiger partial charge in [-0.15, -0.1) is 0 Å². The molecule has 0 spiro atoms. The Morgan fingerprint density at radius 1 is 1.25 bits per heavy atom. The van der Waals surface area contributed by atoms with E-state index < -0.39 is 0 Å². The zero-order valence-corrected chi connectivity index (χ0v) is 12.1. The lowest BCUT2D eigenvalue weighted by molar-refractivity contribution is 0.560. The van der Waals surface area contributed by atoms with Crippen LogP contribution in [0.4, 0.5) is 11.5 Å². The summed E-state index contributed by atoms with van der Waals surface area (Å²) in [5.41, 5.74) is 9.65. The molecular weight excluding hydrogens is 246 g/mol. The number of hydrogen-bond donors (Lipinski definition) is 1. The van der Waals surface area contributed by atoms with Crippen molar-refractivity contribution in [3.8, 4) is 0 Å². The third kappa shape index (κ3) is 2.41. The van der Waals surface area contributed by atoms with Crippen molar-refractivity contribution in [2.75, 3.05) is 11.4 Å².